The topological polar surface area (TPSA) is 52.6 Å². The van der Waals surface area contributed by atoms with Crippen molar-refractivity contribution in [1.29, 1.82) is 0 Å². The second-order valence-electron chi connectivity index (χ2n) is 10.8. The van der Waals surface area contributed by atoms with Gasteiger partial charge in [0.1, 0.15) is 12.4 Å². The van der Waals surface area contributed by atoms with Crippen molar-refractivity contribution in [3.05, 3.63) is 35.9 Å². The summed E-state index contributed by atoms with van der Waals surface area (Å²) in [5, 5.41) is 0. The molecule has 3 unspecified atom stereocenters. The van der Waals surface area contributed by atoms with Crippen LogP contribution in [0.2, 0.25) is 0 Å². The molecule has 1 aromatic carbocycles. The lowest BCUT2D eigenvalue weighted by Crippen LogP contribution is -2.59. The second-order valence-corrected chi connectivity index (χ2v) is 10.8. The Morgan fingerprint density at radius 1 is 1.16 bits per heavy atom. The van der Waals surface area contributed by atoms with Crippen LogP contribution in [0, 0.1) is 34.5 Å². The highest BCUT2D eigenvalue weighted by molar-refractivity contribution is 5.89. The Hall–Kier alpha value is -1.68. The number of aldehydes is 1. The summed E-state index contributed by atoms with van der Waals surface area (Å²) in [6.07, 6.45) is 8.18. The van der Waals surface area contributed by atoms with Crippen molar-refractivity contribution in [3.63, 3.8) is 0 Å². The van der Waals surface area contributed by atoms with E-state index in [2.05, 4.69) is 20.8 Å². The van der Waals surface area contributed by atoms with Crippen LogP contribution in [-0.4, -0.2) is 31.6 Å². The molecule has 4 nitrogen and oxygen atoms in total. The molecular formula is C27H38O4. The molecule has 1 aromatic rings. The molecule has 1 saturated heterocycles. The van der Waals surface area contributed by atoms with Gasteiger partial charge >= 0.3 is 5.97 Å². The van der Waals surface area contributed by atoms with E-state index in [4.69, 9.17) is 9.47 Å². The minimum Gasteiger partial charge on any atom is -0.458 e. The third kappa shape index (κ3) is 4.20. The largest absolute Gasteiger partial charge is 0.458 e. The van der Waals surface area contributed by atoms with E-state index in [9.17, 15) is 9.59 Å². The maximum atomic E-state index is 13.0. The summed E-state index contributed by atoms with van der Waals surface area (Å²) in [6.45, 7) is 8.75. The lowest BCUT2D eigenvalue weighted by molar-refractivity contribution is -0.170. The van der Waals surface area contributed by atoms with Gasteiger partial charge in [-0.25, -0.2) is 4.79 Å². The summed E-state index contributed by atoms with van der Waals surface area (Å²) in [5.74, 6) is 1.13. The molecule has 31 heavy (non-hydrogen) atoms. The molecule has 0 radical (unpaired) electrons. The maximum Gasteiger partial charge on any atom is 0.338 e. The maximum absolute atomic E-state index is 13.0. The Morgan fingerprint density at radius 2 is 1.94 bits per heavy atom. The Labute approximate surface area is 187 Å². The highest BCUT2D eigenvalue weighted by Crippen LogP contribution is 2.63. The molecule has 1 aliphatic heterocycles. The van der Waals surface area contributed by atoms with Gasteiger partial charge in [0.05, 0.1) is 5.56 Å². The molecule has 4 heteroatoms. The van der Waals surface area contributed by atoms with Crippen LogP contribution in [0.3, 0.4) is 0 Å². The van der Waals surface area contributed by atoms with Gasteiger partial charge in [0, 0.05) is 25.0 Å². The van der Waals surface area contributed by atoms with E-state index >= 15 is 0 Å². The van der Waals surface area contributed by atoms with Crippen molar-refractivity contribution in [1.82, 2.24) is 0 Å². The third-order valence-electron chi connectivity index (χ3n) is 9.19. The SMILES string of the molecule is C[C@@H]1CCC(OC(=O)c2ccccc2)C2[C@@]1(C)CC[C@@H](C=O)[C@]2(C)CCC1CCOC1. The van der Waals surface area contributed by atoms with E-state index in [1.807, 2.05) is 30.3 Å². The van der Waals surface area contributed by atoms with E-state index in [0.717, 1.165) is 58.2 Å². The van der Waals surface area contributed by atoms with Crippen molar-refractivity contribution in [2.45, 2.75) is 71.8 Å². The number of fused-ring (bicyclic) bond motifs is 1. The van der Waals surface area contributed by atoms with Gasteiger partial charge in [0.25, 0.3) is 0 Å². The van der Waals surface area contributed by atoms with Crippen LogP contribution in [0.25, 0.3) is 0 Å². The van der Waals surface area contributed by atoms with Gasteiger partial charge in [-0.15, -0.1) is 0 Å². The van der Waals surface area contributed by atoms with Crippen molar-refractivity contribution < 1.29 is 19.1 Å². The molecule has 0 N–H and O–H groups in total. The molecule has 0 aromatic heterocycles. The molecule has 2 saturated carbocycles. The van der Waals surface area contributed by atoms with E-state index in [1.165, 1.54) is 6.29 Å². The molecule has 7 atom stereocenters. The highest BCUT2D eigenvalue weighted by atomic mass is 16.5. The molecule has 0 spiro atoms. The zero-order valence-corrected chi connectivity index (χ0v) is 19.3. The van der Waals surface area contributed by atoms with Gasteiger partial charge in [-0.05, 0) is 79.7 Å². The van der Waals surface area contributed by atoms with E-state index in [0.29, 0.717) is 17.4 Å². The number of carbonyl (C=O) groups excluding carboxylic acids is 2. The average molecular weight is 427 g/mol. The van der Waals surface area contributed by atoms with Crippen molar-refractivity contribution >= 4 is 12.3 Å². The number of rotatable bonds is 6. The van der Waals surface area contributed by atoms with Crippen LogP contribution in [0.4, 0.5) is 0 Å². The Morgan fingerprint density at radius 3 is 2.61 bits per heavy atom. The third-order valence-corrected chi connectivity index (χ3v) is 9.19. The molecule has 2 aliphatic carbocycles. The molecule has 1 heterocycles. The molecule has 170 valence electrons. The normalized spacial score (nSPS) is 40.2. The fourth-order valence-electron chi connectivity index (χ4n) is 7.05. The molecule has 0 bridgehead atoms. The number of ether oxygens (including phenoxy) is 2. The van der Waals surface area contributed by atoms with E-state index < -0.39 is 0 Å². The number of hydrogen-bond acceptors (Lipinski definition) is 4. The first-order chi connectivity index (χ1) is 14.9. The number of benzene rings is 1. The molecular weight excluding hydrogens is 388 g/mol. The van der Waals surface area contributed by atoms with Crippen LogP contribution in [0.15, 0.2) is 30.3 Å². The van der Waals surface area contributed by atoms with Gasteiger partial charge in [-0.2, -0.15) is 0 Å². The summed E-state index contributed by atoms with van der Waals surface area (Å²) < 4.78 is 11.9. The van der Waals surface area contributed by atoms with Crippen LogP contribution in [-0.2, 0) is 14.3 Å². The molecule has 4 rings (SSSR count). The van der Waals surface area contributed by atoms with Crippen LogP contribution < -0.4 is 0 Å². The first-order valence-electron chi connectivity index (χ1n) is 12.2. The van der Waals surface area contributed by atoms with Crippen LogP contribution in [0.1, 0.15) is 76.1 Å². The highest BCUT2D eigenvalue weighted by Gasteiger charge is 2.60. The Bertz CT molecular complexity index is 771. The predicted molar refractivity (Wildman–Crippen MR) is 121 cm³/mol. The fourth-order valence-corrected chi connectivity index (χ4v) is 7.05. The van der Waals surface area contributed by atoms with Gasteiger partial charge in [-0.1, -0.05) is 39.0 Å². The smallest absolute Gasteiger partial charge is 0.338 e. The lowest BCUT2D eigenvalue weighted by atomic mass is 9.44. The summed E-state index contributed by atoms with van der Waals surface area (Å²) in [5.41, 5.74) is 0.531. The number of hydrogen-bond donors (Lipinski definition) is 0. The average Bonchev–Trinajstić information content (AvgIpc) is 3.29. The molecule has 3 fully saturated rings. The van der Waals surface area contributed by atoms with Gasteiger partial charge in [-0.3, -0.25) is 0 Å². The summed E-state index contributed by atoms with van der Waals surface area (Å²) in [4.78, 5) is 25.2. The minimum absolute atomic E-state index is 0.0242. The van der Waals surface area contributed by atoms with Crippen LogP contribution >= 0.6 is 0 Å². The zero-order chi connectivity index (χ0) is 22.1. The first kappa shape index (κ1) is 22.5. The summed E-state index contributed by atoms with van der Waals surface area (Å²) in [6, 6.07) is 9.30. The summed E-state index contributed by atoms with van der Waals surface area (Å²) in [7, 11) is 0. The van der Waals surface area contributed by atoms with Crippen LogP contribution in [0.5, 0.6) is 0 Å². The van der Waals surface area contributed by atoms with Gasteiger partial charge in [0.15, 0.2) is 0 Å². The molecule has 3 aliphatic rings. The quantitative estimate of drug-likeness (QED) is 0.433. The van der Waals surface area contributed by atoms with Gasteiger partial charge in [0.2, 0.25) is 0 Å². The van der Waals surface area contributed by atoms with E-state index in [-0.39, 0.29) is 34.7 Å². The lowest BCUT2D eigenvalue weighted by Gasteiger charge is -2.61. The van der Waals surface area contributed by atoms with Crippen molar-refractivity contribution in [2.24, 2.45) is 34.5 Å². The molecule has 0 amide bonds. The monoisotopic (exact) mass is 426 g/mol. The van der Waals surface area contributed by atoms with Crippen molar-refractivity contribution in [3.8, 4) is 0 Å². The fraction of sp³-hybridized carbons (Fsp3) is 0.704. The minimum atomic E-state index is -0.234. The standard InChI is InChI=1S/C27H38O4/c1-19-9-10-23(31-25(29)21-7-5-4-6-8-21)24-26(19,2)15-12-22(17-28)27(24,3)14-11-20-13-16-30-18-20/h4-8,17,19-20,22-24H,9-16,18H2,1-3H3/t19-,20?,22+,23?,24?,26+,27+/m1/s1. The summed E-state index contributed by atoms with van der Waals surface area (Å²) >= 11 is 0. The first-order valence-corrected chi connectivity index (χ1v) is 12.2. The zero-order valence-electron chi connectivity index (χ0n) is 19.3. The number of esters is 1. The predicted octanol–water partition coefficient (Wildman–Crippen LogP) is 5.70. The van der Waals surface area contributed by atoms with E-state index in [1.54, 1.807) is 0 Å². The second kappa shape index (κ2) is 9.05. The number of carbonyl (C=O) groups is 2. The Balaban J connectivity index is 1.63. The van der Waals surface area contributed by atoms with Gasteiger partial charge < -0.3 is 14.3 Å². The van der Waals surface area contributed by atoms with Crippen molar-refractivity contribution in [2.75, 3.05) is 13.2 Å². The Kier molecular flexibility index (Phi) is 6.57.